The summed E-state index contributed by atoms with van der Waals surface area (Å²) in [6.07, 6.45) is 1.48. The summed E-state index contributed by atoms with van der Waals surface area (Å²) in [5.74, 6) is 0.800. The lowest BCUT2D eigenvalue weighted by molar-refractivity contribution is 0.387. The first-order chi connectivity index (χ1) is 9.89. The lowest BCUT2D eigenvalue weighted by atomic mass is 10.3. The van der Waals surface area contributed by atoms with E-state index in [4.69, 9.17) is 15.2 Å². The zero-order valence-corrected chi connectivity index (χ0v) is 12.6. The Balaban J connectivity index is 2.49. The van der Waals surface area contributed by atoms with E-state index in [0.717, 1.165) is 0 Å². The normalized spacial score (nSPS) is 11.2. The van der Waals surface area contributed by atoms with E-state index in [0.29, 0.717) is 11.6 Å². The zero-order valence-electron chi connectivity index (χ0n) is 11.8. The molecule has 1 aromatic heterocycles. The van der Waals surface area contributed by atoms with Crippen LogP contribution in [0.4, 0.5) is 11.5 Å². The third-order valence-corrected chi connectivity index (χ3v) is 4.24. The van der Waals surface area contributed by atoms with Crippen molar-refractivity contribution in [2.24, 2.45) is 7.05 Å². The fraction of sp³-hybridized carbons (Fsp3) is 0.250. The number of anilines is 2. The molecule has 0 amide bonds. The summed E-state index contributed by atoms with van der Waals surface area (Å²) in [4.78, 5) is -0.0792. The molecule has 1 aromatic carbocycles. The van der Waals surface area contributed by atoms with Crippen LogP contribution in [0.3, 0.4) is 0 Å². The maximum absolute atomic E-state index is 12.5. The second-order valence-corrected chi connectivity index (χ2v) is 5.84. The first-order valence-electron chi connectivity index (χ1n) is 5.91. The molecule has 21 heavy (non-hydrogen) atoms. The average Bonchev–Trinajstić information content (AvgIpc) is 2.83. The SMILES string of the molecule is COc1cc(OC)c(S(=O)(=O)Nc2ccnn2C)cc1N. The summed E-state index contributed by atoms with van der Waals surface area (Å²) in [5.41, 5.74) is 5.96. The second-order valence-electron chi connectivity index (χ2n) is 4.19. The van der Waals surface area contributed by atoms with Crippen molar-refractivity contribution in [3.63, 3.8) is 0 Å². The molecule has 0 saturated heterocycles. The predicted molar refractivity (Wildman–Crippen MR) is 78.0 cm³/mol. The minimum Gasteiger partial charge on any atom is -0.495 e. The van der Waals surface area contributed by atoms with Crippen LogP contribution < -0.4 is 19.9 Å². The second kappa shape index (κ2) is 5.52. The molecule has 2 aromatic rings. The molecule has 0 atom stereocenters. The number of nitrogens with zero attached hydrogens (tertiary/aromatic N) is 2. The summed E-state index contributed by atoms with van der Waals surface area (Å²) in [6, 6.07) is 4.25. The number of hydrogen-bond acceptors (Lipinski definition) is 6. The van der Waals surface area contributed by atoms with Gasteiger partial charge >= 0.3 is 0 Å². The van der Waals surface area contributed by atoms with Crippen molar-refractivity contribution in [3.8, 4) is 11.5 Å². The third kappa shape index (κ3) is 2.87. The summed E-state index contributed by atoms with van der Waals surface area (Å²) in [6.45, 7) is 0. The number of benzene rings is 1. The van der Waals surface area contributed by atoms with E-state index in [1.54, 1.807) is 7.05 Å². The van der Waals surface area contributed by atoms with Crippen LogP contribution >= 0.6 is 0 Å². The molecule has 0 saturated carbocycles. The number of hydrogen-bond donors (Lipinski definition) is 2. The fourth-order valence-electron chi connectivity index (χ4n) is 1.77. The van der Waals surface area contributed by atoms with Gasteiger partial charge in [-0.3, -0.25) is 9.40 Å². The number of nitrogens with one attached hydrogen (secondary N) is 1. The van der Waals surface area contributed by atoms with Crippen LogP contribution in [0.25, 0.3) is 0 Å². The maximum Gasteiger partial charge on any atom is 0.266 e. The molecule has 0 radical (unpaired) electrons. The van der Waals surface area contributed by atoms with Gasteiger partial charge in [-0.05, 0) is 6.07 Å². The minimum absolute atomic E-state index is 0.0792. The quantitative estimate of drug-likeness (QED) is 0.791. The zero-order chi connectivity index (χ0) is 15.6. The van der Waals surface area contributed by atoms with Crippen molar-refractivity contribution in [1.29, 1.82) is 0 Å². The van der Waals surface area contributed by atoms with Crippen LogP contribution in [0.2, 0.25) is 0 Å². The Labute approximate surface area is 122 Å². The first-order valence-corrected chi connectivity index (χ1v) is 7.39. The Kier molecular flexibility index (Phi) is 3.94. The molecular weight excluding hydrogens is 296 g/mol. The smallest absolute Gasteiger partial charge is 0.266 e. The molecule has 9 heteroatoms. The van der Waals surface area contributed by atoms with Crippen LogP contribution in [0, 0.1) is 0 Å². The highest BCUT2D eigenvalue weighted by molar-refractivity contribution is 7.92. The Hall–Kier alpha value is -2.42. The maximum atomic E-state index is 12.5. The van der Waals surface area contributed by atoms with E-state index in [1.165, 1.54) is 43.3 Å². The van der Waals surface area contributed by atoms with Crippen molar-refractivity contribution in [2.45, 2.75) is 4.90 Å². The van der Waals surface area contributed by atoms with E-state index in [-0.39, 0.29) is 16.3 Å². The van der Waals surface area contributed by atoms with Crippen molar-refractivity contribution in [2.75, 3.05) is 24.7 Å². The molecule has 0 fully saturated rings. The number of aryl methyl sites for hydroxylation is 1. The number of methoxy groups -OCH3 is 2. The molecule has 0 aliphatic heterocycles. The third-order valence-electron chi connectivity index (χ3n) is 2.87. The van der Waals surface area contributed by atoms with E-state index in [2.05, 4.69) is 9.82 Å². The first kappa shape index (κ1) is 15.0. The van der Waals surface area contributed by atoms with Crippen molar-refractivity contribution < 1.29 is 17.9 Å². The topological polar surface area (TPSA) is 108 Å². The molecule has 114 valence electrons. The van der Waals surface area contributed by atoms with Gasteiger partial charge in [-0.1, -0.05) is 0 Å². The van der Waals surface area contributed by atoms with Gasteiger partial charge in [0.15, 0.2) is 0 Å². The molecule has 3 N–H and O–H groups in total. The summed E-state index contributed by atoms with van der Waals surface area (Å²) >= 11 is 0. The molecule has 0 bridgehead atoms. The van der Waals surface area contributed by atoms with Crippen LogP contribution in [0.1, 0.15) is 0 Å². The van der Waals surface area contributed by atoms with Crippen molar-refractivity contribution in [3.05, 3.63) is 24.4 Å². The van der Waals surface area contributed by atoms with E-state index in [9.17, 15) is 8.42 Å². The lowest BCUT2D eigenvalue weighted by Gasteiger charge is -2.14. The number of sulfonamides is 1. The summed E-state index contributed by atoms with van der Waals surface area (Å²) in [7, 11) is 0.562. The molecule has 0 aliphatic carbocycles. The van der Waals surface area contributed by atoms with Gasteiger partial charge in [0.1, 0.15) is 22.2 Å². The number of nitrogens with two attached hydrogens (primary N) is 1. The van der Waals surface area contributed by atoms with Gasteiger partial charge < -0.3 is 15.2 Å². The van der Waals surface area contributed by atoms with Crippen LogP contribution in [-0.4, -0.2) is 32.4 Å². The Morgan fingerprint density at radius 2 is 1.90 bits per heavy atom. The molecule has 2 rings (SSSR count). The highest BCUT2D eigenvalue weighted by Crippen LogP contribution is 2.34. The van der Waals surface area contributed by atoms with Crippen molar-refractivity contribution >= 4 is 21.5 Å². The number of nitrogen functional groups attached to an aromatic ring is 1. The van der Waals surface area contributed by atoms with E-state index in [1.807, 2.05) is 0 Å². The summed E-state index contributed by atoms with van der Waals surface area (Å²) in [5, 5.41) is 3.90. The largest absolute Gasteiger partial charge is 0.495 e. The van der Waals surface area contributed by atoms with Gasteiger partial charge in [0.25, 0.3) is 10.0 Å². The van der Waals surface area contributed by atoms with E-state index >= 15 is 0 Å². The monoisotopic (exact) mass is 312 g/mol. The fourth-order valence-corrected chi connectivity index (χ4v) is 3.04. The van der Waals surface area contributed by atoms with Crippen molar-refractivity contribution in [1.82, 2.24) is 9.78 Å². The standard InChI is InChI=1S/C12H16N4O4S/c1-16-12(4-5-14-16)15-21(17,18)11-6-8(13)9(19-2)7-10(11)20-3/h4-7,15H,13H2,1-3H3. The van der Waals surface area contributed by atoms with E-state index < -0.39 is 10.0 Å². The van der Waals surface area contributed by atoms with Crippen LogP contribution in [-0.2, 0) is 17.1 Å². The molecule has 0 aliphatic rings. The van der Waals surface area contributed by atoms with Gasteiger partial charge in [0.05, 0.1) is 26.1 Å². The van der Waals surface area contributed by atoms with Crippen LogP contribution in [0.5, 0.6) is 11.5 Å². The van der Waals surface area contributed by atoms with Gasteiger partial charge in [0.2, 0.25) is 0 Å². The van der Waals surface area contributed by atoms with Gasteiger partial charge in [0, 0.05) is 19.2 Å². The number of aromatic nitrogens is 2. The van der Waals surface area contributed by atoms with Gasteiger partial charge in [-0.2, -0.15) is 5.10 Å². The highest BCUT2D eigenvalue weighted by Gasteiger charge is 2.23. The Bertz CT molecular complexity index is 755. The molecule has 0 spiro atoms. The lowest BCUT2D eigenvalue weighted by Crippen LogP contribution is -2.16. The molecule has 0 unspecified atom stereocenters. The molecule has 8 nitrogen and oxygen atoms in total. The van der Waals surface area contributed by atoms with Gasteiger partial charge in [-0.25, -0.2) is 8.42 Å². The Morgan fingerprint density at radius 3 is 2.43 bits per heavy atom. The summed E-state index contributed by atoms with van der Waals surface area (Å²) < 4.78 is 38.9. The van der Waals surface area contributed by atoms with Crippen LogP contribution in [0.15, 0.2) is 29.3 Å². The number of ether oxygens (including phenoxy) is 2. The highest BCUT2D eigenvalue weighted by atomic mass is 32.2. The predicted octanol–water partition coefficient (Wildman–Crippen LogP) is 0.820. The minimum atomic E-state index is -3.87. The number of rotatable bonds is 5. The molecule has 1 heterocycles. The molecular formula is C12H16N4O4S. The average molecular weight is 312 g/mol. The Morgan fingerprint density at radius 1 is 1.24 bits per heavy atom. The van der Waals surface area contributed by atoms with Gasteiger partial charge in [-0.15, -0.1) is 0 Å².